The molecule has 0 radical (unpaired) electrons. The first-order valence-corrected chi connectivity index (χ1v) is 7.75. The lowest BCUT2D eigenvalue weighted by atomic mass is 9.87. The molecule has 1 heterocycles. The molecule has 0 aliphatic carbocycles. The second kappa shape index (κ2) is 5.88. The highest BCUT2D eigenvalue weighted by Gasteiger charge is 2.16. The molecule has 1 N–H and O–H groups in total. The van der Waals surface area contributed by atoms with Crippen LogP contribution in [0.1, 0.15) is 36.8 Å². The minimum absolute atomic E-state index is 0.140. The summed E-state index contributed by atoms with van der Waals surface area (Å²) in [5.41, 5.74) is 3.85. The Kier molecular flexibility index (Phi) is 4.39. The molecule has 1 aromatic heterocycles. The number of anilines is 1. The van der Waals surface area contributed by atoms with Gasteiger partial charge in [-0.25, -0.2) is 0 Å². The van der Waals surface area contributed by atoms with Crippen molar-refractivity contribution >= 4 is 17.0 Å². The van der Waals surface area contributed by atoms with E-state index in [1.54, 1.807) is 18.4 Å². The molecule has 2 aromatic rings. The lowest BCUT2D eigenvalue weighted by molar-refractivity contribution is 0.416. The van der Waals surface area contributed by atoms with Gasteiger partial charge in [0.15, 0.2) is 0 Å². The van der Waals surface area contributed by atoms with Gasteiger partial charge in [-0.1, -0.05) is 26.8 Å². The third-order valence-corrected chi connectivity index (χ3v) is 4.50. The van der Waals surface area contributed by atoms with Gasteiger partial charge in [-0.3, -0.25) is 0 Å². The molecule has 0 unspecified atom stereocenters. The fourth-order valence-electron chi connectivity index (χ4n) is 2.07. The van der Waals surface area contributed by atoms with E-state index in [1.807, 2.05) is 6.07 Å². The normalized spacial score (nSPS) is 11.4. The molecule has 2 nitrogen and oxygen atoms in total. The van der Waals surface area contributed by atoms with Crippen LogP contribution in [0.4, 0.5) is 5.69 Å². The fourth-order valence-corrected chi connectivity index (χ4v) is 2.92. The summed E-state index contributed by atoms with van der Waals surface area (Å²) in [6.45, 7) is 9.66. The van der Waals surface area contributed by atoms with Crippen LogP contribution < -0.4 is 10.1 Å². The summed E-state index contributed by atoms with van der Waals surface area (Å²) in [4.78, 5) is 1.37. The van der Waals surface area contributed by atoms with Gasteiger partial charge >= 0.3 is 0 Å². The molecule has 0 fully saturated rings. The second-order valence-electron chi connectivity index (χ2n) is 6.05. The van der Waals surface area contributed by atoms with E-state index >= 15 is 0 Å². The van der Waals surface area contributed by atoms with E-state index in [0.717, 1.165) is 18.0 Å². The zero-order valence-electron chi connectivity index (χ0n) is 12.9. The largest absolute Gasteiger partial charge is 0.495 e. The van der Waals surface area contributed by atoms with Gasteiger partial charge < -0.3 is 10.1 Å². The highest BCUT2D eigenvalue weighted by molar-refractivity contribution is 7.10. The number of nitrogens with one attached hydrogen (secondary N) is 1. The van der Waals surface area contributed by atoms with Crippen molar-refractivity contribution in [1.29, 1.82) is 0 Å². The van der Waals surface area contributed by atoms with Crippen LogP contribution in [0.3, 0.4) is 0 Å². The van der Waals surface area contributed by atoms with Gasteiger partial charge in [0, 0.05) is 11.4 Å². The van der Waals surface area contributed by atoms with E-state index in [0.29, 0.717) is 0 Å². The average molecular weight is 289 g/mol. The molecular weight excluding hydrogens is 266 g/mol. The van der Waals surface area contributed by atoms with Crippen LogP contribution in [0.2, 0.25) is 0 Å². The first-order valence-electron chi connectivity index (χ1n) is 6.87. The summed E-state index contributed by atoms with van der Waals surface area (Å²) in [6, 6.07) is 8.54. The molecule has 2 rings (SSSR count). The Morgan fingerprint density at radius 2 is 1.95 bits per heavy atom. The summed E-state index contributed by atoms with van der Waals surface area (Å²) >= 11 is 1.79. The number of thiophene rings is 1. The number of ether oxygens (including phenoxy) is 1. The summed E-state index contributed by atoms with van der Waals surface area (Å²) in [7, 11) is 1.72. The number of hydrogen-bond donors (Lipinski definition) is 1. The van der Waals surface area contributed by atoms with Crippen molar-refractivity contribution in [3.05, 3.63) is 45.6 Å². The molecular formula is C17H23NOS. The van der Waals surface area contributed by atoms with Gasteiger partial charge in [-0.05, 0) is 47.0 Å². The smallest absolute Gasteiger partial charge is 0.141 e. The van der Waals surface area contributed by atoms with Crippen molar-refractivity contribution in [2.24, 2.45) is 0 Å². The monoisotopic (exact) mass is 289 g/mol. The van der Waals surface area contributed by atoms with Crippen molar-refractivity contribution in [3.8, 4) is 5.75 Å². The third kappa shape index (κ3) is 3.34. The van der Waals surface area contributed by atoms with Crippen LogP contribution in [0.25, 0.3) is 0 Å². The molecule has 20 heavy (non-hydrogen) atoms. The van der Waals surface area contributed by atoms with Crippen LogP contribution in [0.5, 0.6) is 5.75 Å². The molecule has 108 valence electrons. The topological polar surface area (TPSA) is 21.3 Å². The Hall–Kier alpha value is -1.48. The van der Waals surface area contributed by atoms with Crippen LogP contribution in [0.15, 0.2) is 29.6 Å². The average Bonchev–Trinajstić information content (AvgIpc) is 2.80. The number of benzene rings is 1. The number of rotatable bonds is 4. The van der Waals surface area contributed by atoms with Crippen molar-refractivity contribution in [1.82, 2.24) is 0 Å². The van der Waals surface area contributed by atoms with Gasteiger partial charge in [-0.15, -0.1) is 11.3 Å². The molecule has 0 atom stereocenters. The Balaban J connectivity index is 2.23. The minimum Gasteiger partial charge on any atom is -0.495 e. The van der Waals surface area contributed by atoms with Gasteiger partial charge in [0.25, 0.3) is 0 Å². The fraction of sp³-hybridized carbons (Fsp3) is 0.412. The minimum atomic E-state index is 0.140. The standard InChI is InChI=1S/C17H23NOS/c1-12-8-9-20-16(12)11-18-14-10-13(17(2,3)4)6-7-15(14)19-5/h6-10,18H,11H2,1-5H3. The second-order valence-corrected chi connectivity index (χ2v) is 7.05. The number of methoxy groups -OCH3 is 1. The number of aryl methyl sites for hydroxylation is 1. The Morgan fingerprint density at radius 3 is 2.50 bits per heavy atom. The predicted molar refractivity (Wildman–Crippen MR) is 88.1 cm³/mol. The summed E-state index contributed by atoms with van der Waals surface area (Å²) < 4.78 is 5.45. The third-order valence-electron chi connectivity index (χ3n) is 3.47. The SMILES string of the molecule is COc1ccc(C(C)(C)C)cc1NCc1sccc1C. The highest BCUT2D eigenvalue weighted by Crippen LogP contribution is 2.32. The van der Waals surface area contributed by atoms with Crippen LogP contribution >= 0.6 is 11.3 Å². The van der Waals surface area contributed by atoms with Crippen molar-refractivity contribution in [3.63, 3.8) is 0 Å². The molecule has 0 aliphatic rings. The zero-order chi connectivity index (χ0) is 14.8. The van der Waals surface area contributed by atoms with Gasteiger partial charge in [0.05, 0.1) is 12.8 Å². The maximum absolute atomic E-state index is 5.45. The molecule has 0 spiro atoms. The molecule has 1 aromatic carbocycles. The van der Waals surface area contributed by atoms with Crippen LogP contribution in [-0.2, 0) is 12.0 Å². The molecule has 0 saturated carbocycles. The van der Waals surface area contributed by atoms with Crippen molar-refractivity contribution in [2.45, 2.75) is 39.7 Å². The molecule has 0 bridgehead atoms. The lowest BCUT2D eigenvalue weighted by Gasteiger charge is -2.21. The van der Waals surface area contributed by atoms with Crippen molar-refractivity contribution < 1.29 is 4.74 Å². The maximum Gasteiger partial charge on any atom is 0.141 e. The summed E-state index contributed by atoms with van der Waals surface area (Å²) in [5, 5.41) is 5.64. The first kappa shape index (κ1) is 14.9. The van der Waals surface area contributed by atoms with Crippen LogP contribution in [-0.4, -0.2) is 7.11 Å². The van der Waals surface area contributed by atoms with Gasteiger partial charge in [0.2, 0.25) is 0 Å². The molecule has 0 saturated heterocycles. The lowest BCUT2D eigenvalue weighted by Crippen LogP contribution is -2.12. The van der Waals surface area contributed by atoms with Gasteiger partial charge in [0.1, 0.15) is 5.75 Å². The summed E-state index contributed by atoms with van der Waals surface area (Å²) in [5.74, 6) is 0.896. The van der Waals surface area contributed by atoms with Crippen LogP contribution in [0, 0.1) is 6.92 Å². The van der Waals surface area contributed by atoms with E-state index in [1.165, 1.54) is 16.0 Å². The van der Waals surface area contributed by atoms with E-state index in [4.69, 9.17) is 4.74 Å². The van der Waals surface area contributed by atoms with Gasteiger partial charge in [-0.2, -0.15) is 0 Å². The Morgan fingerprint density at radius 1 is 1.20 bits per heavy atom. The molecule has 3 heteroatoms. The number of hydrogen-bond acceptors (Lipinski definition) is 3. The molecule has 0 aliphatic heterocycles. The Bertz CT molecular complexity index is 581. The first-order chi connectivity index (χ1) is 9.41. The Labute approximate surface area is 125 Å². The quantitative estimate of drug-likeness (QED) is 0.857. The van der Waals surface area contributed by atoms with E-state index in [-0.39, 0.29) is 5.41 Å². The van der Waals surface area contributed by atoms with E-state index in [2.05, 4.69) is 56.6 Å². The summed E-state index contributed by atoms with van der Waals surface area (Å²) in [6.07, 6.45) is 0. The van der Waals surface area contributed by atoms with E-state index in [9.17, 15) is 0 Å². The van der Waals surface area contributed by atoms with Crippen molar-refractivity contribution in [2.75, 3.05) is 12.4 Å². The predicted octanol–water partition coefficient (Wildman–Crippen LogP) is 4.97. The van der Waals surface area contributed by atoms with E-state index < -0.39 is 0 Å². The maximum atomic E-state index is 5.45. The zero-order valence-corrected chi connectivity index (χ0v) is 13.7. The highest BCUT2D eigenvalue weighted by atomic mass is 32.1. The molecule has 0 amide bonds.